The van der Waals surface area contributed by atoms with E-state index in [2.05, 4.69) is 29.0 Å². The Balaban J connectivity index is 1.72. The SMILES string of the molecule is CCCCN(C)C(=O)CN1CCN(CC(=O)Nc2ccccc2CC)CC1. The molecule has 0 unspecified atom stereocenters. The fourth-order valence-corrected chi connectivity index (χ4v) is 3.28. The molecular weight excluding hydrogens is 340 g/mol. The van der Waals surface area contributed by atoms with Gasteiger partial charge in [0.25, 0.3) is 0 Å². The molecule has 6 heteroatoms. The van der Waals surface area contributed by atoms with Gasteiger partial charge in [0.15, 0.2) is 0 Å². The van der Waals surface area contributed by atoms with Crippen LogP contribution >= 0.6 is 0 Å². The number of carbonyl (C=O) groups is 2. The molecule has 27 heavy (non-hydrogen) atoms. The number of benzene rings is 1. The van der Waals surface area contributed by atoms with Crippen LogP contribution in [0, 0.1) is 0 Å². The van der Waals surface area contributed by atoms with E-state index in [9.17, 15) is 9.59 Å². The standard InChI is InChI=1S/C21H34N4O2/c1-4-6-11-23(3)21(27)17-25-14-12-24(13-15-25)16-20(26)22-19-10-8-7-9-18(19)5-2/h7-10H,4-6,11-17H2,1-3H3,(H,22,26). The Kier molecular flexibility index (Phi) is 8.75. The summed E-state index contributed by atoms with van der Waals surface area (Å²) in [6.07, 6.45) is 3.04. The maximum absolute atomic E-state index is 12.4. The highest BCUT2D eigenvalue weighted by Crippen LogP contribution is 2.15. The van der Waals surface area contributed by atoms with E-state index in [0.717, 1.165) is 63.2 Å². The molecule has 2 rings (SSSR count). The van der Waals surface area contributed by atoms with Gasteiger partial charge in [-0.05, 0) is 24.5 Å². The topological polar surface area (TPSA) is 55.9 Å². The zero-order valence-corrected chi connectivity index (χ0v) is 17.0. The monoisotopic (exact) mass is 374 g/mol. The van der Waals surface area contributed by atoms with Gasteiger partial charge in [0.05, 0.1) is 13.1 Å². The van der Waals surface area contributed by atoms with Gasteiger partial charge in [-0.25, -0.2) is 0 Å². The first-order valence-corrected chi connectivity index (χ1v) is 10.1. The molecule has 0 bridgehead atoms. The molecule has 1 fully saturated rings. The molecule has 1 saturated heterocycles. The number of hydrogen-bond donors (Lipinski definition) is 1. The lowest BCUT2D eigenvalue weighted by Crippen LogP contribution is -2.51. The van der Waals surface area contributed by atoms with E-state index in [1.54, 1.807) is 0 Å². The highest BCUT2D eigenvalue weighted by atomic mass is 16.2. The fraction of sp³-hybridized carbons (Fsp3) is 0.619. The molecule has 0 saturated carbocycles. The molecule has 1 aromatic carbocycles. The Morgan fingerprint density at radius 3 is 2.30 bits per heavy atom. The number of rotatable bonds is 9. The average molecular weight is 375 g/mol. The number of unbranched alkanes of at least 4 members (excludes halogenated alkanes) is 1. The van der Waals surface area contributed by atoms with Crippen molar-refractivity contribution in [2.24, 2.45) is 0 Å². The molecule has 1 aromatic rings. The highest BCUT2D eigenvalue weighted by molar-refractivity contribution is 5.93. The van der Waals surface area contributed by atoms with E-state index in [1.807, 2.05) is 36.2 Å². The normalized spacial score (nSPS) is 15.5. The number of nitrogens with one attached hydrogen (secondary N) is 1. The predicted molar refractivity (Wildman–Crippen MR) is 110 cm³/mol. The van der Waals surface area contributed by atoms with Crippen LogP contribution in [0.2, 0.25) is 0 Å². The molecule has 0 aliphatic carbocycles. The smallest absolute Gasteiger partial charge is 0.238 e. The van der Waals surface area contributed by atoms with Gasteiger partial charge in [-0.1, -0.05) is 38.5 Å². The van der Waals surface area contributed by atoms with E-state index >= 15 is 0 Å². The van der Waals surface area contributed by atoms with Gasteiger partial charge in [-0.2, -0.15) is 0 Å². The number of hydrogen-bond acceptors (Lipinski definition) is 4. The number of likely N-dealkylation sites (N-methyl/N-ethyl adjacent to an activating group) is 1. The minimum Gasteiger partial charge on any atom is -0.345 e. The zero-order valence-electron chi connectivity index (χ0n) is 17.0. The largest absolute Gasteiger partial charge is 0.345 e. The maximum atomic E-state index is 12.4. The molecule has 6 nitrogen and oxygen atoms in total. The van der Waals surface area contributed by atoms with Crippen molar-refractivity contribution in [1.82, 2.24) is 14.7 Å². The molecule has 0 spiro atoms. The van der Waals surface area contributed by atoms with Crippen LogP contribution in [0.25, 0.3) is 0 Å². The first kappa shape index (κ1) is 21.4. The second kappa shape index (κ2) is 11.0. The third-order valence-electron chi connectivity index (χ3n) is 5.14. The van der Waals surface area contributed by atoms with Crippen molar-refractivity contribution in [1.29, 1.82) is 0 Å². The van der Waals surface area contributed by atoms with Crippen LogP contribution in [0.1, 0.15) is 32.3 Å². The van der Waals surface area contributed by atoms with Crippen LogP contribution in [0.4, 0.5) is 5.69 Å². The van der Waals surface area contributed by atoms with E-state index in [4.69, 9.17) is 0 Å². The molecule has 0 atom stereocenters. The summed E-state index contributed by atoms with van der Waals surface area (Å²) in [5.41, 5.74) is 2.06. The van der Waals surface area contributed by atoms with E-state index < -0.39 is 0 Å². The first-order valence-electron chi connectivity index (χ1n) is 10.1. The Bertz CT molecular complexity index is 612. The first-order chi connectivity index (χ1) is 13.0. The van der Waals surface area contributed by atoms with Crippen molar-refractivity contribution in [3.8, 4) is 0 Å². The van der Waals surface area contributed by atoms with Crippen LogP contribution in [0.5, 0.6) is 0 Å². The van der Waals surface area contributed by atoms with Gasteiger partial charge in [0, 0.05) is 45.5 Å². The third kappa shape index (κ3) is 6.96. The summed E-state index contributed by atoms with van der Waals surface area (Å²) in [6.45, 7) is 9.21. The minimum atomic E-state index is 0.0275. The molecule has 0 radical (unpaired) electrons. The molecule has 0 aromatic heterocycles. The molecule has 2 amide bonds. The lowest BCUT2D eigenvalue weighted by molar-refractivity contribution is -0.131. The van der Waals surface area contributed by atoms with E-state index in [0.29, 0.717) is 13.1 Å². The minimum absolute atomic E-state index is 0.0275. The fourth-order valence-electron chi connectivity index (χ4n) is 3.28. The Hall–Kier alpha value is -1.92. The molecule has 150 valence electrons. The van der Waals surface area contributed by atoms with Gasteiger partial charge >= 0.3 is 0 Å². The van der Waals surface area contributed by atoms with Crippen molar-refractivity contribution < 1.29 is 9.59 Å². The van der Waals surface area contributed by atoms with Gasteiger partial charge < -0.3 is 10.2 Å². The summed E-state index contributed by atoms with van der Waals surface area (Å²) in [6, 6.07) is 7.94. The number of carbonyl (C=O) groups excluding carboxylic acids is 2. The van der Waals surface area contributed by atoms with Crippen molar-refractivity contribution in [2.75, 3.05) is 58.2 Å². The maximum Gasteiger partial charge on any atom is 0.238 e. The van der Waals surface area contributed by atoms with Crippen LogP contribution in [0.15, 0.2) is 24.3 Å². The highest BCUT2D eigenvalue weighted by Gasteiger charge is 2.21. The summed E-state index contributed by atoms with van der Waals surface area (Å²) in [5, 5.41) is 3.03. The van der Waals surface area contributed by atoms with Crippen molar-refractivity contribution in [3.63, 3.8) is 0 Å². The Labute approximate surface area is 163 Å². The quantitative estimate of drug-likeness (QED) is 0.719. The van der Waals surface area contributed by atoms with Crippen LogP contribution in [-0.2, 0) is 16.0 Å². The number of anilines is 1. The number of para-hydroxylation sites is 1. The molecular formula is C21H34N4O2. The second-order valence-corrected chi connectivity index (χ2v) is 7.28. The average Bonchev–Trinajstić information content (AvgIpc) is 2.67. The number of piperazine rings is 1. The predicted octanol–water partition coefficient (Wildman–Crippen LogP) is 2.06. The summed E-state index contributed by atoms with van der Waals surface area (Å²) in [4.78, 5) is 30.8. The molecule has 1 aliphatic heterocycles. The van der Waals surface area contributed by atoms with Crippen LogP contribution in [0.3, 0.4) is 0 Å². The molecule has 1 aliphatic rings. The van der Waals surface area contributed by atoms with Crippen molar-refractivity contribution >= 4 is 17.5 Å². The lowest BCUT2D eigenvalue weighted by Gasteiger charge is -2.34. The summed E-state index contributed by atoms with van der Waals surface area (Å²) in [7, 11) is 1.88. The van der Waals surface area contributed by atoms with Crippen LogP contribution in [-0.4, -0.2) is 79.4 Å². The van der Waals surface area contributed by atoms with Gasteiger partial charge in [0.1, 0.15) is 0 Å². The number of aryl methyl sites for hydroxylation is 1. The second-order valence-electron chi connectivity index (χ2n) is 7.28. The van der Waals surface area contributed by atoms with E-state index in [-0.39, 0.29) is 11.8 Å². The van der Waals surface area contributed by atoms with E-state index in [1.165, 1.54) is 0 Å². The number of nitrogens with zero attached hydrogens (tertiary/aromatic N) is 3. The zero-order chi connectivity index (χ0) is 19.6. The third-order valence-corrected chi connectivity index (χ3v) is 5.14. The summed E-state index contributed by atoms with van der Waals surface area (Å²) >= 11 is 0. The Morgan fingerprint density at radius 1 is 1.04 bits per heavy atom. The van der Waals surface area contributed by atoms with Gasteiger partial charge in [-0.15, -0.1) is 0 Å². The van der Waals surface area contributed by atoms with Crippen LogP contribution < -0.4 is 5.32 Å². The number of amides is 2. The lowest BCUT2D eigenvalue weighted by atomic mass is 10.1. The molecule has 1 heterocycles. The molecule has 1 N–H and O–H groups in total. The Morgan fingerprint density at radius 2 is 1.67 bits per heavy atom. The van der Waals surface area contributed by atoms with Crippen molar-refractivity contribution in [2.45, 2.75) is 33.1 Å². The van der Waals surface area contributed by atoms with Crippen molar-refractivity contribution in [3.05, 3.63) is 29.8 Å². The van der Waals surface area contributed by atoms with Gasteiger partial charge in [0.2, 0.25) is 11.8 Å². The summed E-state index contributed by atoms with van der Waals surface area (Å²) in [5.74, 6) is 0.213. The summed E-state index contributed by atoms with van der Waals surface area (Å²) < 4.78 is 0. The van der Waals surface area contributed by atoms with Gasteiger partial charge in [-0.3, -0.25) is 19.4 Å².